The van der Waals surface area contributed by atoms with Gasteiger partial charge >= 0.3 is 5.97 Å². The van der Waals surface area contributed by atoms with Gasteiger partial charge in [0.2, 0.25) is 0 Å². The largest absolute Gasteiger partial charge is 0.480 e. The van der Waals surface area contributed by atoms with E-state index in [1.54, 1.807) is 5.38 Å². The molecule has 0 saturated heterocycles. The third-order valence-corrected chi connectivity index (χ3v) is 3.12. The summed E-state index contributed by atoms with van der Waals surface area (Å²) in [4.78, 5) is 33.9. The minimum absolute atomic E-state index is 0.127. The van der Waals surface area contributed by atoms with Crippen LogP contribution < -0.4 is 5.32 Å². The van der Waals surface area contributed by atoms with Crippen molar-refractivity contribution >= 4 is 29.0 Å². The Bertz CT molecular complexity index is 476. The zero-order chi connectivity index (χ0) is 13.2. The predicted molar refractivity (Wildman–Crippen MR) is 63.5 cm³/mol. The van der Waals surface area contributed by atoms with Crippen LogP contribution in [0.5, 0.6) is 0 Å². The average molecular weight is 255 g/mol. The van der Waals surface area contributed by atoms with E-state index in [2.05, 4.69) is 5.32 Å². The molecule has 1 aromatic rings. The first-order valence-corrected chi connectivity index (χ1v) is 5.77. The van der Waals surface area contributed by atoms with Crippen LogP contribution in [-0.2, 0) is 4.79 Å². The fourth-order valence-electron chi connectivity index (χ4n) is 1.04. The Kier molecular flexibility index (Phi) is 3.67. The SMILES string of the molecule is CC(=O)c1csc(C(=O)NC(C)(C)C(=O)O)c1. The van der Waals surface area contributed by atoms with Crippen LogP contribution >= 0.6 is 11.3 Å². The first-order valence-electron chi connectivity index (χ1n) is 4.89. The molecule has 0 spiro atoms. The van der Waals surface area contributed by atoms with Crippen LogP contribution in [0.4, 0.5) is 0 Å². The van der Waals surface area contributed by atoms with Gasteiger partial charge in [0.1, 0.15) is 5.54 Å². The first-order chi connectivity index (χ1) is 7.74. The second-order valence-corrected chi connectivity index (χ2v) is 5.05. The Hall–Kier alpha value is -1.69. The van der Waals surface area contributed by atoms with Crippen molar-refractivity contribution < 1.29 is 19.5 Å². The third kappa shape index (κ3) is 3.13. The number of carboxylic acids is 1. The van der Waals surface area contributed by atoms with Gasteiger partial charge in [-0.2, -0.15) is 0 Å². The number of rotatable bonds is 4. The molecule has 0 radical (unpaired) electrons. The van der Waals surface area contributed by atoms with E-state index in [-0.39, 0.29) is 5.78 Å². The quantitative estimate of drug-likeness (QED) is 0.799. The summed E-state index contributed by atoms with van der Waals surface area (Å²) in [5.41, 5.74) is -0.884. The maximum Gasteiger partial charge on any atom is 0.328 e. The third-order valence-electron chi connectivity index (χ3n) is 2.19. The van der Waals surface area contributed by atoms with Crippen molar-refractivity contribution in [2.45, 2.75) is 26.3 Å². The van der Waals surface area contributed by atoms with Crippen molar-refractivity contribution in [3.63, 3.8) is 0 Å². The van der Waals surface area contributed by atoms with Gasteiger partial charge in [-0.05, 0) is 26.8 Å². The first kappa shape index (κ1) is 13.4. The van der Waals surface area contributed by atoms with E-state index in [1.807, 2.05) is 0 Å². The van der Waals surface area contributed by atoms with Crippen LogP contribution in [-0.4, -0.2) is 28.3 Å². The molecule has 1 aromatic heterocycles. The predicted octanol–water partition coefficient (Wildman–Crippen LogP) is 1.54. The standard InChI is InChI=1S/C11H13NO4S/c1-6(13)7-4-8(17-5-7)9(14)12-11(2,3)10(15)16/h4-5H,1-3H3,(H,12,14)(H,15,16). The van der Waals surface area contributed by atoms with Crippen molar-refractivity contribution in [2.75, 3.05) is 0 Å². The molecule has 17 heavy (non-hydrogen) atoms. The zero-order valence-corrected chi connectivity index (χ0v) is 10.6. The number of nitrogens with one attached hydrogen (secondary N) is 1. The van der Waals surface area contributed by atoms with E-state index >= 15 is 0 Å². The van der Waals surface area contributed by atoms with Crippen LogP contribution in [0.15, 0.2) is 11.4 Å². The Morgan fingerprint density at radius 2 is 1.94 bits per heavy atom. The molecule has 0 aliphatic rings. The molecule has 6 heteroatoms. The summed E-state index contributed by atoms with van der Waals surface area (Å²) in [5.74, 6) is -1.73. The zero-order valence-electron chi connectivity index (χ0n) is 9.73. The molecule has 1 amide bonds. The Morgan fingerprint density at radius 3 is 2.35 bits per heavy atom. The molecular weight excluding hydrogens is 242 g/mol. The molecule has 0 aliphatic carbocycles. The highest BCUT2D eigenvalue weighted by Crippen LogP contribution is 2.16. The Balaban J connectivity index is 2.83. The van der Waals surface area contributed by atoms with E-state index in [4.69, 9.17) is 5.11 Å². The molecular formula is C11H13NO4S. The van der Waals surface area contributed by atoms with Gasteiger partial charge in [-0.25, -0.2) is 4.79 Å². The summed E-state index contributed by atoms with van der Waals surface area (Å²) in [6.45, 7) is 4.20. The van der Waals surface area contributed by atoms with Crippen LogP contribution in [0.3, 0.4) is 0 Å². The Labute approximate surface area is 102 Å². The molecule has 0 aliphatic heterocycles. The second kappa shape index (κ2) is 4.67. The minimum atomic E-state index is -1.34. The molecule has 1 heterocycles. The number of thiophene rings is 1. The molecule has 0 saturated carbocycles. The fraction of sp³-hybridized carbons (Fsp3) is 0.364. The van der Waals surface area contributed by atoms with Gasteiger partial charge in [0, 0.05) is 10.9 Å². The van der Waals surface area contributed by atoms with Crippen molar-refractivity contribution in [3.8, 4) is 0 Å². The summed E-state index contributed by atoms with van der Waals surface area (Å²) in [7, 11) is 0. The Morgan fingerprint density at radius 1 is 1.35 bits per heavy atom. The van der Waals surface area contributed by atoms with E-state index in [0.29, 0.717) is 10.4 Å². The van der Waals surface area contributed by atoms with Gasteiger partial charge in [-0.1, -0.05) is 0 Å². The number of carbonyl (C=O) groups excluding carboxylic acids is 2. The molecule has 92 valence electrons. The van der Waals surface area contributed by atoms with E-state index in [0.717, 1.165) is 11.3 Å². The summed E-state index contributed by atoms with van der Waals surface area (Å²) < 4.78 is 0. The lowest BCUT2D eigenvalue weighted by molar-refractivity contribution is -0.143. The molecule has 0 atom stereocenters. The van der Waals surface area contributed by atoms with Crippen molar-refractivity contribution in [3.05, 3.63) is 21.9 Å². The average Bonchev–Trinajstić information content (AvgIpc) is 2.65. The van der Waals surface area contributed by atoms with Crippen LogP contribution in [0.2, 0.25) is 0 Å². The van der Waals surface area contributed by atoms with E-state index < -0.39 is 17.4 Å². The van der Waals surface area contributed by atoms with E-state index in [1.165, 1.54) is 26.8 Å². The van der Waals surface area contributed by atoms with Gasteiger partial charge in [0.25, 0.3) is 5.91 Å². The van der Waals surface area contributed by atoms with Crippen molar-refractivity contribution in [1.29, 1.82) is 0 Å². The van der Waals surface area contributed by atoms with Gasteiger partial charge in [0.05, 0.1) is 4.88 Å². The monoisotopic (exact) mass is 255 g/mol. The smallest absolute Gasteiger partial charge is 0.328 e. The minimum Gasteiger partial charge on any atom is -0.480 e. The maximum atomic E-state index is 11.7. The number of carbonyl (C=O) groups is 3. The molecule has 0 aromatic carbocycles. The van der Waals surface area contributed by atoms with Gasteiger partial charge in [0.15, 0.2) is 5.78 Å². The fourth-order valence-corrected chi connectivity index (χ4v) is 1.88. The molecule has 1 rings (SSSR count). The normalized spacial score (nSPS) is 11.0. The molecule has 0 bridgehead atoms. The lowest BCUT2D eigenvalue weighted by atomic mass is 10.1. The van der Waals surface area contributed by atoms with Crippen molar-refractivity contribution in [1.82, 2.24) is 5.32 Å². The molecule has 0 fully saturated rings. The second-order valence-electron chi connectivity index (χ2n) is 4.14. The molecule has 0 unspecified atom stereocenters. The highest BCUT2D eigenvalue weighted by Gasteiger charge is 2.29. The summed E-state index contributed by atoms with van der Waals surface area (Å²) in [6.07, 6.45) is 0. The number of ketones is 1. The topological polar surface area (TPSA) is 83.5 Å². The van der Waals surface area contributed by atoms with Crippen LogP contribution in [0.25, 0.3) is 0 Å². The van der Waals surface area contributed by atoms with E-state index in [9.17, 15) is 14.4 Å². The van der Waals surface area contributed by atoms with Crippen molar-refractivity contribution in [2.24, 2.45) is 0 Å². The number of hydrogen-bond acceptors (Lipinski definition) is 4. The number of carboxylic acid groups (broad SMARTS) is 1. The molecule has 2 N–H and O–H groups in total. The molecule has 5 nitrogen and oxygen atoms in total. The highest BCUT2D eigenvalue weighted by atomic mass is 32.1. The van der Waals surface area contributed by atoms with Gasteiger partial charge < -0.3 is 10.4 Å². The van der Waals surface area contributed by atoms with Gasteiger partial charge in [-0.3, -0.25) is 9.59 Å². The van der Waals surface area contributed by atoms with Crippen LogP contribution in [0, 0.1) is 0 Å². The number of amides is 1. The lowest BCUT2D eigenvalue weighted by Crippen LogP contribution is -2.49. The lowest BCUT2D eigenvalue weighted by Gasteiger charge is -2.20. The summed E-state index contributed by atoms with van der Waals surface area (Å²) in [5, 5.41) is 12.8. The van der Waals surface area contributed by atoms with Crippen LogP contribution in [0.1, 0.15) is 40.8 Å². The summed E-state index contributed by atoms with van der Waals surface area (Å²) in [6, 6.07) is 1.46. The number of aliphatic carboxylic acids is 1. The summed E-state index contributed by atoms with van der Waals surface area (Å²) >= 11 is 1.11. The number of Topliss-reactive ketones (excluding diaryl/α,β-unsaturated/α-hetero) is 1. The van der Waals surface area contributed by atoms with Gasteiger partial charge in [-0.15, -0.1) is 11.3 Å². The highest BCUT2D eigenvalue weighted by molar-refractivity contribution is 7.12. The number of hydrogen-bond donors (Lipinski definition) is 2. The maximum absolute atomic E-state index is 11.7.